The summed E-state index contributed by atoms with van der Waals surface area (Å²) in [6.07, 6.45) is 1.62. The average Bonchev–Trinajstić information content (AvgIpc) is 2.35. The van der Waals surface area contributed by atoms with Crippen molar-refractivity contribution >= 4 is 0 Å². The monoisotopic (exact) mass is 224 g/mol. The van der Waals surface area contributed by atoms with Crippen LogP contribution in [0.3, 0.4) is 0 Å². The van der Waals surface area contributed by atoms with Gasteiger partial charge in [0, 0.05) is 18.7 Å². The van der Waals surface area contributed by atoms with Crippen molar-refractivity contribution in [3.8, 4) is 5.88 Å². The molecule has 1 aromatic rings. The molecule has 0 aliphatic carbocycles. The summed E-state index contributed by atoms with van der Waals surface area (Å²) in [5.41, 5.74) is 6.47. The Kier molecular flexibility index (Phi) is 5.74. The normalized spacial score (nSPS) is 10.8. The van der Waals surface area contributed by atoms with Gasteiger partial charge in [-0.15, -0.1) is 5.10 Å². The molecular formula is C11H20N4O. The first kappa shape index (κ1) is 12.9. The van der Waals surface area contributed by atoms with Crippen molar-refractivity contribution in [2.45, 2.75) is 20.4 Å². The maximum atomic E-state index is 5.58. The Balaban J connectivity index is 2.42. The zero-order chi connectivity index (χ0) is 11.8. The molecule has 0 saturated heterocycles. The molecule has 1 rings (SSSR count). The Morgan fingerprint density at radius 2 is 2.12 bits per heavy atom. The zero-order valence-electron chi connectivity index (χ0n) is 10.0. The lowest BCUT2D eigenvalue weighted by atomic mass is 10.3. The van der Waals surface area contributed by atoms with Crippen LogP contribution in [0.4, 0.5) is 0 Å². The van der Waals surface area contributed by atoms with Crippen LogP contribution in [0.2, 0.25) is 0 Å². The molecule has 1 aromatic heterocycles. The molecule has 90 valence electrons. The summed E-state index contributed by atoms with van der Waals surface area (Å²) in [5, 5.41) is 7.71. The third-order valence-electron chi connectivity index (χ3n) is 2.53. The Labute approximate surface area is 96.6 Å². The highest BCUT2D eigenvalue weighted by molar-refractivity contribution is 5.22. The predicted octanol–water partition coefficient (Wildman–Crippen LogP) is 0.656. The van der Waals surface area contributed by atoms with Crippen LogP contribution in [0.5, 0.6) is 5.88 Å². The summed E-state index contributed by atoms with van der Waals surface area (Å²) < 4.78 is 5.57. The lowest BCUT2D eigenvalue weighted by Crippen LogP contribution is -2.28. The molecule has 5 nitrogen and oxygen atoms in total. The van der Waals surface area contributed by atoms with Gasteiger partial charge < -0.3 is 15.4 Å². The van der Waals surface area contributed by atoms with E-state index in [4.69, 9.17) is 10.5 Å². The van der Waals surface area contributed by atoms with Crippen LogP contribution >= 0.6 is 0 Å². The Bertz CT molecular complexity index is 302. The van der Waals surface area contributed by atoms with Gasteiger partial charge in [-0.25, -0.2) is 0 Å². The van der Waals surface area contributed by atoms with Crippen molar-refractivity contribution in [3.63, 3.8) is 0 Å². The largest absolute Gasteiger partial charge is 0.475 e. The summed E-state index contributed by atoms with van der Waals surface area (Å²) in [6, 6.07) is 1.83. The highest BCUT2D eigenvalue weighted by Crippen LogP contribution is 2.11. The van der Waals surface area contributed by atoms with Gasteiger partial charge in [0.05, 0.1) is 6.20 Å². The number of nitrogens with two attached hydrogens (primary N) is 1. The van der Waals surface area contributed by atoms with Gasteiger partial charge in [0.1, 0.15) is 6.61 Å². The van der Waals surface area contributed by atoms with E-state index < -0.39 is 0 Å². The zero-order valence-corrected chi connectivity index (χ0v) is 10.0. The van der Waals surface area contributed by atoms with Crippen molar-refractivity contribution in [3.05, 3.63) is 17.8 Å². The highest BCUT2D eigenvalue weighted by atomic mass is 16.5. The Hall–Kier alpha value is -1.20. The Morgan fingerprint density at radius 3 is 2.75 bits per heavy atom. The van der Waals surface area contributed by atoms with Crippen LogP contribution in [-0.2, 0) is 6.54 Å². The van der Waals surface area contributed by atoms with Gasteiger partial charge >= 0.3 is 0 Å². The molecule has 5 heteroatoms. The SMILES string of the molecule is CCN(CC)CCOc1nnccc1CN. The maximum absolute atomic E-state index is 5.58. The minimum absolute atomic E-state index is 0.427. The van der Waals surface area contributed by atoms with E-state index in [1.807, 2.05) is 6.07 Å². The van der Waals surface area contributed by atoms with Crippen molar-refractivity contribution in [2.24, 2.45) is 5.73 Å². The summed E-state index contributed by atoms with van der Waals surface area (Å²) in [5.74, 6) is 0.553. The number of nitrogens with zero attached hydrogens (tertiary/aromatic N) is 3. The molecule has 0 bridgehead atoms. The summed E-state index contributed by atoms with van der Waals surface area (Å²) in [4.78, 5) is 2.29. The van der Waals surface area contributed by atoms with Gasteiger partial charge in [0.2, 0.25) is 5.88 Å². The average molecular weight is 224 g/mol. The molecule has 0 radical (unpaired) electrons. The van der Waals surface area contributed by atoms with Crippen LogP contribution in [0.15, 0.2) is 12.3 Å². The van der Waals surface area contributed by atoms with Gasteiger partial charge in [-0.1, -0.05) is 13.8 Å². The quantitative estimate of drug-likeness (QED) is 0.737. The number of aromatic nitrogens is 2. The fraction of sp³-hybridized carbons (Fsp3) is 0.636. The van der Waals surface area contributed by atoms with E-state index >= 15 is 0 Å². The van der Waals surface area contributed by atoms with E-state index in [0.717, 1.165) is 25.2 Å². The third kappa shape index (κ3) is 3.75. The van der Waals surface area contributed by atoms with Crippen molar-refractivity contribution in [1.82, 2.24) is 15.1 Å². The molecule has 16 heavy (non-hydrogen) atoms. The first-order chi connectivity index (χ1) is 7.81. The van der Waals surface area contributed by atoms with E-state index in [1.165, 1.54) is 0 Å². The van der Waals surface area contributed by atoms with E-state index in [-0.39, 0.29) is 0 Å². The van der Waals surface area contributed by atoms with E-state index in [0.29, 0.717) is 19.0 Å². The fourth-order valence-electron chi connectivity index (χ4n) is 1.43. The standard InChI is InChI=1S/C11H20N4O/c1-3-15(4-2)7-8-16-11-10(9-12)5-6-13-14-11/h5-6H,3-4,7-9,12H2,1-2H3. The van der Waals surface area contributed by atoms with E-state index in [1.54, 1.807) is 6.20 Å². The predicted molar refractivity (Wildman–Crippen MR) is 63.2 cm³/mol. The van der Waals surface area contributed by atoms with Gasteiger partial charge in [0.15, 0.2) is 0 Å². The molecule has 0 saturated carbocycles. The van der Waals surface area contributed by atoms with Gasteiger partial charge in [0.25, 0.3) is 0 Å². The Morgan fingerprint density at radius 1 is 1.38 bits per heavy atom. The van der Waals surface area contributed by atoms with Crippen LogP contribution < -0.4 is 10.5 Å². The summed E-state index contributed by atoms with van der Waals surface area (Å²) >= 11 is 0. The van der Waals surface area contributed by atoms with E-state index in [9.17, 15) is 0 Å². The molecule has 0 aromatic carbocycles. The summed E-state index contributed by atoms with van der Waals surface area (Å²) in [7, 11) is 0. The molecule has 0 atom stereocenters. The summed E-state index contributed by atoms with van der Waals surface area (Å²) in [6.45, 7) is 8.28. The minimum atomic E-state index is 0.427. The highest BCUT2D eigenvalue weighted by Gasteiger charge is 2.04. The lowest BCUT2D eigenvalue weighted by Gasteiger charge is -2.18. The number of ether oxygens (including phenoxy) is 1. The molecule has 0 fully saturated rings. The third-order valence-corrected chi connectivity index (χ3v) is 2.53. The van der Waals surface area contributed by atoms with Crippen LogP contribution in [-0.4, -0.2) is 41.3 Å². The van der Waals surface area contributed by atoms with Crippen molar-refractivity contribution < 1.29 is 4.74 Å². The van der Waals surface area contributed by atoms with E-state index in [2.05, 4.69) is 28.9 Å². The topological polar surface area (TPSA) is 64.3 Å². The number of hydrogen-bond donors (Lipinski definition) is 1. The first-order valence-corrected chi connectivity index (χ1v) is 5.67. The second kappa shape index (κ2) is 7.14. The molecular weight excluding hydrogens is 204 g/mol. The second-order valence-electron chi connectivity index (χ2n) is 3.44. The first-order valence-electron chi connectivity index (χ1n) is 5.67. The lowest BCUT2D eigenvalue weighted by molar-refractivity contribution is 0.215. The van der Waals surface area contributed by atoms with Gasteiger partial charge in [-0.3, -0.25) is 0 Å². The fourth-order valence-corrected chi connectivity index (χ4v) is 1.43. The van der Waals surface area contributed by atoms with Gasteiger partial charge in [-0.2, -0.15) is 5.10 Å². The molecule has 1 heterocycles. The number of rotatable bonds is 7. The minimum Gasteiger partial charge on any atom is -0.475 e. The molecule has 0 unspecified atom stereocenters. The van der Waals surface area contributed by atoms with Gasteiger partial charge in [-0.05, 0) is 19.2 Å². The molecule has 0 aliphatic heterocycles. The molecule has 0 amide bonds. The second-order valence-corrected chi connectivity index (χ2v) is 3.44. The smallest absolute Gasteiger partial charge is 0.237 e. The number of hydrogen-bond acceptors (Lipinski definition) is 5. The number of likely N-dealkylation sites (N-methyl/N-ethyl adjacent to an activating group) is 1. The molecule has 0 aliphatic rings. The van der Waals surface area contributed by atoms with Crippen molar-refractivity contribution in [1.29, 1.82) is 0 Å². The molecule has 0 spiro atoms. The maximum Gasteiger partial charge on any atom is 0.237 e. The molecule has 2 N–H and O–H groups in total. The van der Waals surface area contributed by atoms with Crippen molar-refractivity contribution in [2.75, 3.05) is 26.2 Å². The van der Waals surface area contributed by atoms with Crippen LogP contribution in [0, 0.1) is 0 Å². The van der Waals surface area contributed by atoms with Crippen LogP contribution in [0.25, 0.3) is 0 Å². The van der Waals surface area contributed by atoms with Crippen LogP contribution in [0.1, 0.15) is 19.4 Å².